The van der Waals surface area contributed by atoms with Crippen LogP contribution in [0.4, 0.5) is 8.78 Å². The molecule has 114 valence electrons. The summed E-state index contributed by atoms with van der Waals surface area (Å²) in [5.41, 5.74) is -0.958. The molecular formula is C12H15F2N5O2. The van der Waals surface area contributed by atoms with E-state index in [0.717, 1.165) is 10.5 Å². The van der Waals surface area contributed by atoms with Gasteiger partial charge in [0.15, 0.2) is 5.69 Å². The highest BCUT2D eigenvalue weighted by molar-refractivity contribution is 5.88. The Labute approximate surface area is 119 Å². The number of aryl methyl sites for hydroxylation is 3. The molecule has 0 aliphatic carbocycles. The lowest BCUT2D eigenvalue weighted by atomic mass is 10.3. The van der Waals surface area contributed by atoms with Crippen LogP contribution in [0.5, 0.6) is 0 Å². The zero-order valence-corrected chi connectivity index (χ0v) is 11.7. The fourth-order valence-electron chi connectivity index (χ4n) is 1.89. The van der Waals surface area contributed by atoms with Crippen molar-refractivity contribution in [1.82, 2.24) is 24.5 Å². The molecule has 0 spiro atoms. The Morgan fingerprint density at radius 1 is 1.43 bits per heavy atom. The Balaban J connectivity index is 2.19. The van der Waals surface area contributed by atoms with Gasteiger partial charge in [0.1, 0.15) is 11.5 Å². The lowest BCUT2D eigenvalue weighted by Gasteiger charge is -2.08. The highest BCUT2D eigenvalue weighted by Gasteiger charge is 2.27. The minimum Gasteiger partial charge on any atom is -0.461 e. The minimum atomic E-state index is -2.86. The number of hydrogen-bond acceptors (Lipinski definition) is 5. The van der Waals surface area contributed by atoms with Crippen LogP contribution < -0.4 is 0 Å². The van der Waals surface area contributed by atoms with E-state index in [4.69, 9.17) is 4.74 Å². The summed E-state index contributed by atoms with van der Waals surface area (Å²) in [4.78, 5) is 15.6. The van der Waals surface area contributed by atoms with Crippen LogP contribution in [0.1, 0.15) is 35.4 Å². The van der Waals surface area contributed by atoms with Gasteiger partial charge in [0, 0.05) is 18.9 Å². The number of ether oxygens (including phenoxy) is 1. The molecule has 0 aliphatic rings. The predicted molar refractivity (Wildman–Crippen MR) is 67.9 cm³/mol. The Morgan fingerprint density at radius 3 is 2.76 bits per heavy atom. The van der Waals surface area contributed by atoms with E-state index in [0.29, 0.717) is 6.54 Å². The van der Waals surface area contributed by atoms with Gasteiger partial charge in [-0.2, -0.15) is 0 Å². The zero-order chi connectivity index (χ0) is 15.4. The first kappa shape index (κ1) is 15.1. The van der Waals surface area contributed by atoms with E-state index in [1.807, 2.05) is 0 Å². The molecule has 0 aromatic carbocycles. The average Bonchev–Trinajstić information content (AvgIpc) is 3.02. The van der Waals surface area contributed by atoms with E-state index in [1.54, 1.807) is 30.8 Å². The number of carbonyl (C=O) groups excluding carboxylic acids is 1. The molecule has 0 saturated heterocycles. The molecular weight excluding hydrogens is 284 g/mol. The highest BCUT2D eigenvalue weighted by Crippen LogP contribution is 2.22. The molecule has 9 heteroatoms. The molecule has 2 aromatic heterocycles. The summed E-state index contributed by atoms with van der Waals surface area (Å²) in [6, 6.07) is 0. The van der Waals surface area contributed by atoms with Gasteiger partial charge in [-0.1, -0.05) is 5.21 Å². The summed E-state index contributed by atoms with van der Waals surface area (Å²) in [7, 11) is 0. The van der Waals surface area contributed by atoms with Gasteiger partial charge in [0.25, 0.3) is 6.43 Å². The van der Waals surface area contributed by atoms with Gasteiger partial charge in [-0.3, -0.25) is 0 Å². The smallest absolute Gasteiger partial charge is 0.361 e. The van der Waals surface area contributed by atoms with Crippen LogP contribution in [0.25, 0.3) is 0 Å². The van der Waals surface area contributed by atoms with Crippen LogP contribution in [0.2, 0.25) is 0 Å². The van der Waals surface area contributed by atoms with E-state index in [1.165, 1.54) is 0 Å². The molecule has 21 heavy (non-hydrogen) atoms. The second-order valence-electron chi connectivity index (χ2n) is 4.24. The van der Waals surface area contributed by atoms with Crippen LogP contribution >= 0.6 is 0 Å². The molecule has 0 unspecified atom stereocenters. The number of alkyl halides is 2. The molecule has 0 bridgehead atoms. The third-order valence-corrected chi connectivity index (χ3v) is 2.93. The van der Waals surface area contributed by atoms with E-state index < -0.39 is 23.8 Å². The van der Waals surface area contributed by atoms with Crippen molar-refractivity contribution in [2.75, 3.05) is 6.61 Å². The minimum absolute atomic E-state index is 0.0859. The Hall–Kier alpha value is -2.32. The van der Waals surface area contributed by atoms with Gasteiger partial charge in [-0.25, -0.2) is 23.2 Å². The normalized spacial score (nSPS) is 11.1. The van der Waals surface area contributed by atoms with Gasteiger partial charge in [-0.05, 0) is 13.8 Å². The van der Waals surface area contributed by atoms with Crippen LogP contribution in [0.15, 0.2) is 12.4 Å². The zero-order valence-electron chi connectivity index (χ0n) is 11.7. The molecule has 2 aromatic rings. The molecule has 7 nitrogen and oxygen atoms in total. The number of rotatable bonds is 6. The highest BCUT2D eigenvalue weighted by atomic mass is 19.3. The monoisotopic (exact) mass is 299 g/mol. The molecule has 2 rings (SSSR count). The van der Waals surface area contributed by atoms with Crippen molar-refractivity contribution < 1.29 is 18.3 Å². The molecule has 0 aliphatic heterocycles. The maximum atomic E-state index is 13.1. The summed E-state index contributed by atoms with van der Waals surface area (Å²) in [5.74, 6) is -0.128. The van der Waals surface area contributed by atoms with Crippen molar-refractivity contribution in [3.8, 4) is 0 Å². The summed E-state index contributed by atoms with van der Waals surface area (Å²) >= 11 is 0. The number of esters is 1. The molecule has 0 saturated carbocycles. The SMILES string of the molecule is CCOC(=O)c1nnn(CCn2ccnc2C)c1C(F)F. The maximum Gasteiger partial charge on any atom is 0.361 e. The molecule has 0 atom stereocenters. The van der Waals surface area contributed by atoms with Crippen LogP contribution in [-0.2, 0) is 17.8 Å². The van der Waals surface area contributed by atoms with Gasteiger partial charge in [-0.15, -0.1) is 5.10 Å². The van der Waals surface area contributed by atoms with Crippen molar-refractivity contribution in [2.45, 2.75) is 33.4 Å². The largest absolute Gasteiger partial charge is 0.461 e. The molecule has 2 heterocycles. The first-order valence-corrected chi connectivity index (χ1v) is 6.41. The van der Waals surface area contributed by atoms with Crippen molar-refractivity contribution in [3.05, 3.63) is 29.6 Å². The first-order valence-electron chi connectivity index (χ1n) is 6.41. The third kappa shape index (κ3) is 3.23. The van der Waals surface area contributed by atoms with Crippen molar-refractivity contribution in [3.63, 3.8) is 0 Å². The standard InChI is InChI=1S/C12H15F2N5O2/c1-3-21-12(20)9-10(11(13)14)19(17-16-9)7-6-18-5-4-15-8(18)2/h4-5,11H,3,6-7H2,1-2H3. The number of halogens is 2. The maximum absolute atomic E-state index is 13.1. The van der Waals surface area contributed by atoms with Crippen molar-refractivity contribution in [1.29, 1.82) is 0 Å². The lowest BCUT2D eigenvalue weighted by Crippen LogP contribution is -2.14. The molecule has 0 radical (unpaired) electrons. The summed E-state index contributed by atoms with van der Waals surface area (Å²) < 4.78 is 33.8. The molecule has 0 amide bonds. The summed E-state index contributed by atoms with van der Waals surface area (Å²) in [6.45, 7) is 4.04. The van der Waals surface area contributed by atoms with E-state index in [2.05, 4.69) is 15.3 Å². The van der Waals surface area contributed by atoms with Crippen LogP contribution in [-0.4, -0.2) is 37.1 Å². The molecule has 0 N–H and O–H groups in total. The average molecular weight is 299 g/mol. The van der Waals surface area contributed by atoms with Gasteiger partial charge >= 0.3 is 5.97 Å². The number of carbonyl (C=O) groups is 1. The van der Waals surface area contributed by atoms with E-state index in [-0.39, 0.29) is 13.2 Å². The summed E-state index contributed by atoms with van der Waals surface area (Å²) in [5, 5.41) is 7.13. The Morgan fingerprint density at radius 2 is 2.19 bits per heavy atom. The van der Waals surface area contributed by atoms with E-state index >= 15 is 0 Å². The van der Waals surface area contributed by atoms with Crippen molar-refractivity contribution in [2.24, 2.45) is 0 Å². The number of nitrogens with zero attached hydrogens (tertiary/aromatic N) is 5. The van der Waals surface area contributed by atoms with Crippen LogP contribution in [0.3, 0.4) is 0 Å². The number of hydrogen-bond donors (Lipinski definition) is 0. The second-order valence-corrected chi connectivity index (χ2v) is 4.24. The van der Waals surface area contributed by atoms with Gasteiger partial charge in [0.05, 0.1) is 13.2 Å². The van der Waals surface area contributed by atoms with Gasteiger partial charge < -0.3 is 9.30 Å². The predicted octanol–water partition coefficient (Wildman–Crippen LogP) is 1.60. The third-order valence-electron chi connectivity index (χ3n) is 2.93. The summed E-state index contributed by atoms with van der Waals surface area (Å²) in [6.07, 6.45) is 0.498. The first-order chi connectivity index (χ1) is 10.0. The van der Waals surface area contributed by atoms with Crippen molar-refractivity contribution >= 4 is 5.97 Å². The fourth-order valence-corrected chi connectivity index (χ4v) is 1.89. The number of aromatic nitrogens is 5. The topological polar surface area (TPSA) is 74.8 Å². The second kappa shape index (κ2) is 6.42. The quantitative estimate of drug-likeness (QED) is 0.757. The Bertz CT molecular complexity index is 623. The fraction of sp³-hybridized carbons (Fsp3) is 0.500. The van der Waals surface area contributed by atoms with Crippen LogP contribution in [0, 0.1) is 6.92 Å². The molecule has 0 fully saturated rings. The Kier molecular flexibility index (Phi) is 4.61. The van der Waals surface area contributed by atoms with E-state index in [9.17, 15) is 13.6 Å². The van der Waals surface area contributed by atoms with Gasteiger partial charge in [0.2, 0.25) is 0 Å². The number of imidazole rings is 1. The lowest BCUT2D eigenvalue weighted by molar-refractivity contribution is 0.0506.